The van der Waals surface area contributed by atoms with E-state index in [-0.39, 0.29) is 5.54 Å². The SMILES string of the molecule is CCC(CC)(CNC(C)(C)C)CN(C)CC1CCCN1C. The Labute approximate surface area is 133 Å². The van der Waals surface area contributed by atoms with Gasteiger partial charge in [0.15, 0.2) is 0 Å². The lowest BCUT2D eigenvalue weighted by molar-refractivity contribution is 0.124. The summed E-state index contributed by atoms with van der Waals surface area (Å²) < 4.78 is 0. The van der Waals surface area contributed by atoms with Crippen molar-refractivity contribution in [1.82, 2.24) is 15.1 Å². The van der Waals surface area contributed by atoms with E-state index < -0.39 is 0 Å². The third-order valence-electron chi connectivity index (χ3n) is 5.29. The lowest BCUT2D eigenvalue weighted by Crippen LogP contribution is -2.49. The number of nitrogens with zero attached hydrogens (tertiary/aromatic N) is 2. The van der Waals surface area contributed by atoms with Crippen LogP contribution in [0.1, 0.15) is 60.3 Å². The predicted octanol–water partition coefficient (Wildman–Crippen LogP) is 3.21. The summed E-state index contributed by atoms with van der Waals surface area (Å²) in [6.07, 6.45) is 5.23. The molecule has 1 saturated heterocycles. The van der Waals surface area contributed by atoms with Crippen LogP contribution in [0.5, 0.6) is 0 Å². The molecule has 21 heavy (non-hydrogen) atoms. The zero-order valence-corrected chi connectivity index (χ0v) is 15.6. The van der Waals surface area contributed by atoms with Crippen molar-refractivity contribution >= 4 is 0 Å². The normalized spacial score (nSPS) is 21.4. The molecule has 0 aliphatic carbocycles. The van der Waals surface area contributed by atoms with E-state index in [4.69, 9.17) is 0 Å². The summed E-state index contributed by atoms with van der Waals surface area (Å²) in [6.45, 7) is 16.3. The van der Waals surface area contributed by atoms with Gasteiger partial charge in [0, 0.05) is 31.2 Å². The molecule has 0 amide bonds. The maximum Gasteiger partial charge on any atom is 0.0220 e. The first kappa shape index (κ1) is 18.9. The molecule has 1 N–H and O–H groups in total. The Bertz CT molecular complexity index is 291. The fourth-order valence-electron chi connectivity index (χ4n) is 3.44. The summed E-state index contributed by atoms with van der Waals surface area (Å²) in [5.74, 6) is 0. The van der Waals surface area contributed by atoms with Crippen LogP contribution < -0.4 is 5.32 Å². The molecular weight excluding hydrogens is 258 g/mol. The molecule has 1 atom stereocenters. The first-order valence-electron chi connectivity index (χ1n) is 8.85. The summed E-state index contributed by atoms with van der Waals surface area (Å²) in [6, 6.07) is 0.761. The van der Waals surface area contributed by atoms with Gasteiger partial charge in [0.2, 0.25) is 0 Å². The van der Waals surface area contributed by atoms with Crippen LogP contribution in [0.25, 0.3) is 0 Å². The molecule has 1 heterocycles. The van der Waals surface area contributed by atoms with Gasteiger partial charge < -0.3 is 15.1 Å². The molecule has 1 fully saturated rings. The van der Waals surface area contributed by atoms with E-state index in [1.165, 1.54) is 45.3 Å². The molecule has 0 saturated carbocycles. The van der Waals surface area contributed by atoms with Crippen molar-refractivity contribution < 1.29 is 0 Å². The van der Waals surface area contributed by atoms with Crippen molar-refractivity contribution in [2.45, 2.75) is 71.9 Å². The number of likely N-dealkylation sites (N-methyl/N-ethyl adjacent to an activating group) is 2. The molecule has 3 heteroatoms. The molecule has 0 aromatic heterocycles. The van der Waals surface area contributed by atoms with Gasteiger partial charge in [-0.2, -0.15) is 0 Å². The lowest BCUT2D eigenvalue weighted by Gasteiger charge is -2.39. The summed E-state index contributed by atoms with van der Waals surface area (Å²) in [4.78, 5) is 5.10. The topological polar surface area (TPSA) is 18.5 Å². The van der Waals surface area contributed by atoms with Crippen LogP contribution in [0, 0.1) is 5.41 Å². The minimum Gasteiger partial charge on any atom is -0.311 e. The first-order chi connectivity index (χ1) is 9.71. The third kappa shape index (κ3) is 6.25. The fourth-order valence-corrected chi connectivity index (χ4v) is 3.44. The lowest BCUT2D eigenvalue weighted by atomic mass is 9.81. The Morgan fingerprint density at radius 1 is 1.19 bits per heavy atom. The zero-order valence-electron chi connectivity index (χ0n) is 15.6. The van der Waals surface area contributed by atoms with Gasteiger partial charge in [0.05, 0.1) is 0 Å². The minimum absolute atomic E-state index is 0.208. The molecule has 0 aromatic rings. The summed E-state index contributed by atoms with van der Waals surface area (Å²) in [7, 11) is 4.59. The molecule has 1 aliphatic heterocycles. The van der Waals surface area contributed by atoms with Gasteiger partial charge in [-0.1, -0.05) is 13.8 Å². The summed E-state index contributed by atoms with van der Waals surface area (Å²) >= 11 is 0. The highest BCUT2D eigenvalue weighted by atomic mass is 15.2. The van der Waals surface area contributed by atoms with Gasteiger partial charge in [0.25, 0.3) is 0 Å². The molecule has 1 rings (SSSR count). The van der Waals surface area contributed by atoms with E-state index >= 15 is 0 Å². The fraction of sp³-hybridized carbons (Fsp3) is 1.00. The highest BCUT2D eigenvalue weighted by Gasteiger charge is 2.31. The highest BCUT2D eigenvalue weighted by molar-refractivity contribution is 4.87. The largest absolute Gasteiger partial charge is 0.311 e. The number of nitrogens with one attached hydrogen (secondary N) is 1. The zero-order chi connectivity index (χ0) is 16.1. The smallest absolute Gasteiger partial charge is 0.0220 e. The molecule has 0 radical (unpaired) electrons. The van der Waals surface area contributed by atoms with E-state index in [0.717, 1.165) is 12.6 Å². The second kappa shape index (κ2) is 7.94. The quantitative estimate of drug-likeness (QED) is 0.742. The van der Waals surface area contributed by atoms with E-state index in [2.05, 4.69) is 63.8 Å². The van der Waals surface area contributed by atoms with Gasteiger partial charge in [-0.3, -0.25) is 0 Å². The van der Waals surface area contributed by atoms with Crippen LogP contribution >= 0.6 is 0 Å². The number of hydrogen-bond donors (Lipinski definition) is 1. The van der Waals surface area contributed by atoms with Gasteiger partial charge in [0.1, 0.15) is 0 Å². The van der Waals surface area contributed by atoms with Crippen LogP contribution in [-0.2, 0) is 0 Å². The summed E-state index contributed by atoms with van der Waals surface area (Å²) in [5, 5.41) is 3.74. The second-order valence-electron chi connectivity index (χ2n) is 8.28. The standard InChI is InChI=1S/C18H39N3/c1-8-18(9-2,14-19-17(3,4)5)15-20(6)13-16-11-10-12-21(16)7/h16,19H,8-15H2,1-7H3. The van der Waals surface area contributed by atoms with Crippen molar-refractivity contribution in [3.63, 3.8) is 0 Å². The van der Waals surface area contributed by atoms with Gasteiger partial charge >= 0.3 is 0 Å². The monoisotopic (exact) mass is 297 g/mol. The van der Waals surface area contributed by atoms with Crippen LogP contribution in [0.4, 0.5) is 0 Å². The Kier molecular flexibility index (Phi) is 7.15. The highest BCUT2D eigenvalue weighted by Crippen LogP contribution is 2.28. The van der Waals surface area contributed by atoms with Crippen LogP contribution in [0.15, 0.2) is 0 Å². The van der Waals surface area contributed by atoms with Gasteiger partial charge in [-0.15, -0.1) is 0 Å². The summed E-state index contributed by atoms with van der Waals surface area (Å²) in [5.41, 5.74) is 0.610. The maximum atomic E-state index is 3.74. The van der Waals surface area contributed by atoms with E-state index in [1.54, 1.807) is 0 Å². The van der Waals surface area contributed by atoms with Gasteiger partial charge in [-0.25, -0.2) is 0 Å². The van der Waals surface area contributed by atoms with Crippen LogP contribution in [0.2, 0.25) is 0 Å². The van der Waals surface area contributed by atoms with Crippen molar-refractivity contribution in [1.29, 1.82) is 0 Å². The minimum atomic E-state index is 0.208. The van der Waals surface area contributed by atoms with Gasteiger partial charge in [-0.05, 0) is 72.5 Å². The molecule has 1 unspecified atom stereocenters. The van der Waals surface area contributed by atoms with E-state index in [9.17, 15) is 0 Å². The Morgan fingerprint density at radius 2 is 1.81 bits per heavy atom. The molecule has 0 spiro atoms. The van der Waals surface area contributed by atoms with E-state index in [1.807, 2.05) is 0 Å². The number of hydrogen-bond acceptors (Lipinski definition) is 3. The number of likely N-dealkylation sites (tertiary alicyclic amines) is 1. The van der Waals surface area contributed by atoms with E-state index in [0.29, 0.717) is 5.41 Å². The average Bonchev–Trinajstić information content (AvgIpc) is 2.79. The third-order valence-corrected chi connectivity index (χ3v) is 5.29. The van der Waals surface area contributed by atoms with Crippen molar-refractivity contribution in [2.75, 3.05) is 40.3 Å². The maximum absolute atomic E-state index is 3.74. The van der Waals surface area contributed by atoms with Crippen LogP contribution in [0.3, 0.4) is 0 Å². The Balaban J connectivity index is 2.55. The van der Waals surface area contributed by atoms with Crippen LogP contribution in [-0.4, -0.2) is 61.7 Å². The molecule has 1 aliphatic rings. The Hall–Kier alpha value is -0.120. The Morgan fingerprint density at radius 3 is 2.24 bits per heavy atom. The van der Waals surface area contributed by atoms with Crippen molar-refractivity contribution in [3.8, 4) is 0 Å². The molecular formula is C18H39N3. The number of rotatable bonds is 8. The molecule has 3 nitrogen and oxygen atoms in total. The first-order valence-corrected chi connectivity index (χ1v) is 8.85. The second-order valence-corrected chi connectivity index (χ2v) is 8.28. The molecule has 0 aromatic carbocycles. The predicted molar refractivity (Wildman–Crippen MR) is 93.9 cm³/mol. The average molecular weight is 298 g/mol. The van der Waals surface area contributed by atoms with Crippen molar-refractivity contribution in [2.24, 2.45) is 5.41 Å². The molecule has 0 bridgehead atoms. The molecule has 126 valence electrons. The van der Waals surface area contributed by atoms with Crippen molar-refractivity contribution in [3.05, 3.63) is 0 Å².